The highest BCUT2D eigenvalue weighted by Gasteiger charge is 2.32. The lowest BCUT2D eigenvalue weighted by Crippen LogP contribution is -2.33. The van der Waals surface area contributed by atoms with Gasteiger partial charge in [-0.25, -0.2) is 9.18 Å². The number of azide groups is 1. The number of hydrogen-bond acceptors (Lipinski definition) is 4. The van der Waals surface area contributed by atoms with Gasteiger partial charge in [0.2, 0.25) is 5.91 Å². The van der Waals surface area contributed by atoms with Crippen LogP contribution in [0.3, 0.4) is 0 Å². The molecule has 0 saturated carbocycles. The van der Waals surface area contributed by atoms with Gasteiger partial charge in [-0.3, -0.25) is 9.69 Å². The van der Waals surface area contributed by atoms with Crippen molar-refractivity contribution in [3.63, 3.8) is 0 Å². The Morgan fingerprint density at radius 3 is 3.05 bits per heavy atom. The Kier molecular flexibility index (Phi) is 4.24. The minimum atomic E-state index is -0.733. The van der Waals surface area contributed by atoms with E-state index in [0.717, 1.165) is 6.07 Å². The first kappa shape index (κ1) is 14.6. The van der Waals surface area contributed by atoms with E-state index in [-0.39, 0.29) is 24.7 Å². The molecule has 110 valence electrons. The van der Waals surface area contributed by atoms with Gasteiger partial charge in [0.25, 0.3) is 0 Å². The Morgan fingerprint density at radius 2 is 2.43 bits per heavy atom. The molecule has 1 atom stereocenters. The molecule has 1 heterocycles. The van der Waals surface area contributed by atoms with Crippen molar-refractivity contribution in [3.05, 3.63) is 34.5 Å². The highest BCUT2D eigenvalue weighted by Crippen LogP contribution is 2.27. The SMILES string of the molecule is CC(=O)NCC1CN(c2ccc(N=[N+]=[N-])c(F)c2)C(=O)O1. The molecule has 2 rings (SSSR count). The first-order valence-electron chi connectivity index (χ1n) is 6.08. The summed E-state index contributed by atoms with van der Waals surface area (Å²) in [4.78, 5) is 26.3. The normalized spacial score (nSPS) is 17.1. The monoisotopic (exact) mass is 293 g/mol. The number of ether oxygens (including phenoxy) is 1. The molecule has 8 nitrogen and oxygen atoms in total. The van der Waals surface area contributed by atoms with Crippen LogP contribution in [-0.4, -0.2) is 31.2 Å². The van der Waals surface area contributed by atoms with Crippen LogP contribution in [0.25, 0.3) is 10.4 Å². The van der Waals surface area contributed by atoms with Crippen LogP contribution in [0.4, 0.5) is 20.6 Å². The Hall–Kier alpha value is -2.80. The third-order valence-corrected chi connectivity index (χ3v) is 2.85. The molecule has 1 fully saturated rings. The van der Waals surface area contributed by atoms with Crippen molar-refractivity contribution in [2.45, 2.75) is 13.0 Å². The van der Waals surface area contributed by atoms with Gasteiger partial charge >= 0.3 is 6.09 Å². The number of halogens is 1. The van der Waals surface area contributed by atoms with E-state index in [2.05, 4.69) is 15.3 Å². The van der Waals surface area contributed by atoms with Crippen LogP contribution in [0.2, 0.25) is 0 Å². The number of carbonyl (C=O) groups is 2. The lowest BCUT2D eigenvalue weighted by atomic mass is 10.2. The summed E-state index contributed by atoms with van der Waals surface area (Å²) in [6.45, 7) is 1.74. The highest BCUT2D eigenvalue weighted by atomic mass is 19.1. The highest BCUT2D eigenvalue weighted by molar-refractivity contribution is 5.90. The Morgan fingerprint density at radius 1 is 1.67 bits per heavy atom. The van der Waals surface area contributed by atoms with Crippen molar-refractivity contribution in [1.29, 1.82) is 0 Å². The summed E-state index contributed by atoms with van der Waals surface area (Å²) in [5.41, 5.74) is 8.42. The van der Waals surface area contributed by atoms with Crippen LogP contribution >= 0.6 is 0 Å². The van der Waals surface area contributed by atoms with Crippen LogP contribution in [0.1, 0.15) is 6.92 Å². The van der Waals surface area contributed by atoms with Gasteiger partial charge in [-0.2, -0.15) is 0 Å². The molecule has 1 aromatic carbocycles. The molecule has 1 unspecified atom stereocenters. The Balaban J connectivity index is 2.11. The first-order valence-corrected chi connectivity index (χ1v) is 6.08. The molecule has 0 aromatic heterocycles. The van der Waals surface area contributed by atoms with Gasteiger partial charge in [0.15, 0.2) is 0 Å². The Bertz CT molecular complexity index is 629. The summed E-state index contributed by atoms with van der Waals surface area (Å²) in [5.74, 6) is -0.960. The summed E-state index contributed by atoms with van der Waals surface area (Å²) in [7, 11) is 0. The predicted molar refractivity (Wildman–Crippen MR) is 71.5 cm³/mol. The van der Waals surface area contributed by atoms with Crippen LogP contribution in [0.5, 0.6) is 0 Å². The summed E-state index contributed by atoms with van der Waals surface area (Å²) < 4.78 is 18.7. The van der Waals surface area contributed by atoms with E-state index in [1.54, 1.807) is 0 Å². The second-order valence-corrected chi connectivity index (χ2v) is 4.38. The predicted octanol–water partition coefficient (Wildman–Crippen LogP) is 2.23. The average Bonchev–Trinajstić information content (AvgIpc) is 2.80. The zero-order chi connectivity index (χ0) is 15.4. The van der Waals surface area contributed by atoms with Crippen LogP contribution < -0.4 is 10.2 Å². The van der Waals surface area contributed by atoms with Gasteiger partial charge in [-0.05, 0) is 23.7 Å². The molecule has 1 aliphatic heterocycles. The second-order valence-electron chi connectivity index (χ2n) is 4.38. The van der Waals surface area contributed by atoms with E-state index in [1.165, 1.54) is 24.0 Å². The van der Waals surface area contributed by atoms with E-state index in [4.69, 9.17) is 10.3 Å². The third kappa shape index (κ3) is 3.40. The molecule has 1 N–H and O–H groups in total. The smallest absolute Gasteiger partial charge is 0.414 e. The van der Waals surface area contributed by atoms with Crippen molar-refractivity contribution < 1.29 is 18.7 Å². The van der Waals surface area contributed by atoms with E-state index >= 15 is 0 Å². The molecule has 1 aromatic rings. The quantitative estimate of drug-likeness (QED) is 0.522. The maximum Gasteiger partial charge on any atom is 0.414 e. The van der Waals surface area contributed by atoms with Gasteiger partial charge in [0, 0.05) is 11.8 Å². The van der Waals surface area contributed by atoms with Crippen LogP contribution in [0.15, 0.2) is 23.3 Å². The van der Waals surface area contributed by atoms with E-state index in [1.807, 2.05) is 0 Å². The first-order chi connectivity index (χ1) is 10.0. The van der Waals surface area contributed by atoms with Crippen molar-refractivity contribution in [2.75, 3.05) is 18.0 Å². The number of benzene rings is 1. The third-order valence-electron chi connectivity index (χ3n) is 2.85. The lowest BCUT2D eigenvalue weighted by molar-refractivity contribution is -0.119. The van der Waals surface area contributed by atoms with Gasteiger partial charge in [0.05, 0.1) is 24.5 Å². The van der Waals surface area contributed by atoms with E-state index < -0.39 is 18.0 Å². The molecular formula is C12H12FN5O3. The van der Waals surface area contributed by atoms with Crippen molar-refractivity contribution in [3.8, 4) is 0 Å². The fraction of sp³-hybridized carbons (Fsp3) is 0.333. The minimum Gasteiger partial charge on any atom is -0.442 e. The number of anilines is 1. The van der Waals surface area contributed by atoms with Crippen molar-refractivity contribution >= 4 is 23.4 Å². The number of nitrogens with one attached hydrogen (secondary N) is 1. The standard InChI is InChI=1S/C12H12FN5O3/c1-7(19)15-5-9-6-18(12(20)21-9)8-2-3-11(16-17-14)10(13)4-8/h2-4,9H,5-6H2,1H3,(H,15,19). The van der Waals surface area contributed by atoms with Gasteiger partial charge in [0.1, 0.15) is 11.9 Å². The minimum absolute atomic E-state index is 0.149. The molecule has 1 aliphatic rings. The molecule has 1 saturated heterocycles. The zero-order valence-electron chi connectivity index (χ0n) is 11.1. The molecule has 21 heavy (non-hydrogen) atoms. The van der Waals surface area contributed by atoms with Gasteiger partial charge in [-0.1, -0.05) is 5.11 Å². The number of hydrogen-bond donors (Lipinski definition) is 1. The van der Waals surface area contributed by atoms with E-state index in [0.29, 0.717) is 5.69 Å². The van der Waals surface area contributed by atoms with Crippen molar-refractivity contribution in [2.24, 2.45) is 5.11 Å². The number of rotatable bonds is 4. The summed E-state index contributed by atoms with van der Waals surface area (Å²) in [6, 6.07) is 3.82. The second kappa shape index (κ2) is 6.10. The largest absolute Gasteiger partial charge is 0.442 e. The maximum absolute atomic E-state index is 13.7. The lowest BCUT2D eigenvalue weighted by Gasteiger charge is -2.13. The van der Waals surface area contributed by atoms with Crippen LogP contribution in [0, 0.1) is 5.82 Å². The molecule has 0 radical (unpaired) electrons. The van der Waals surface area contributed by atoms with Gasteiger partial charge in [-0.15, -0.1) is 0 Å². The number of amides is 2. The number of carbonyl (C=O) groups excluding carboxylic acids is 2. The Labute approximate surface area is 119 Å². The molecule has 0 bridgehead atoms. The summed E-state index contributed by atoms with van der Waals surface area (Å²) in [5, 5.41) is 5.73. The fourth-order valence-electron chi connectivity index (χ4n) is 1.89. The summed E-state index contributed by atoms with van der Waals surface area (Å²) >= 11 is 0. The molecule has 0 spiro atoms. The fourth-order valence-corrected chi connectivity index (χ4v) is 1.89. The molecule has 0 aliphatic carbocycles. The number of cyclic esters (lactones) is 1. The molecular weight excluding hydrogens is 281 g/mol. The van der Waals surface area contributed by atoms with E-state index in [9.17, 15) is 14.0 Å². The molecule has 9 heteroatoms. The number of nitrogens with zero attached hydrogens (tertiary/aromatic N) is 4. The van der Waals surface area contributed by atoms with Crippen LogP contribution in [-0.2, 0) is 9.53 Å². The topological polar surface area (TPSA) is 107 Å². The van der Waals surface area contributed by atoms with Gasteiger partial charge < -0.3 is 10.1 Å². The maximum atomic E-state index is 13.7. The van der Waals surface area contributed by atoms with Crippen molar-refractivity contribution in [1.82, 2.24) is 5.32 Å². The summed E-state index contributed by atoms with van der Waals surface area (Å²) in [6.07, 6.45) is -1.12. The molecule has 2 amide bonds. The zero-order valence-corrected chi connectivity index (χ0v) is 11.1. The average molecular weight is 293 g/mol.